The highest BCUT2D eigenvalue weighted by Crippen LogP contribution is 2.26. The Morgan fingerprint density at radius 1 is 0.411 bits per heavy atom. The molecule has 3 unspecified atom stereocenters. The van der Waals surface area contributed by atoms with Crippen LogP contribution in [0.2, 0.25) is 0 Å². The van der Waals surface area contributed by atoms with Crippen molar-refractivity contribution in [3.05, 3.63) is 155 Å². The first-order valence-corrected chi connectivity index (χ1v) is 32.8. The Morgan fingerprint density at radius 3 is 1.08 bits per heavy atom. The van der Waals surface area contributed by atoms with Gasteiger partial charge in [-0.05, 0) is 155 Å². The second-order valence-electron chi connectivity index (χ2n) is 22.5. The van der Waals surface area contributed by atoms with Gasteiger partial charge >= 0.3 is 23.9 Å². The molecule has 0 bridgehead atoms. The number of nitrogens with one attached hydrogen (secondary N) is 3. The van der Waals surface area contributed by atoms with Gasteiger partial charge in [-0.15, -0.1) is 0 Å². The highest BCUT2D eigenvalue weighted by Gasteiger charge is 2.22. The van der Waals surface area contributed by atoms with E-state index in [1.165, 1.54) is 12.1 Å². The average Bonchev–Trinajstić information content (AvgIpc) is 1.08. The number of aromatic nitrogens is 3. The largest absolute Gasteiger partial charge is 0.507 e. The molecule has 6 rings (SSSR count). The fourth-order valence-electron chi connectivity index (χ4n) is 9.19. The van der Waals surface area contributed by atoms with Crippen molar-refractivity contribution in [2.75, 3.05) is 62.5 Å². The SMILES string of the molecule is CCCCC(CC)COC(=O)c1ccc(Nc2nc(Nc3ccc(C(=O)OCC(CC)CCCC)cc3)nc(Nc3ccc(C(=O)OCC(CC)CCCC)cc3)n2)cc1.CCCCCCOC(=O)c1ccccc1C(=O)c1ccccc1O.CCN(C)CC. The molecule has 0 fully saturated rings. The predicted molar refractivity (Wildman–Crippen MR) is 361 cm³/mol. The van der Waals surface area contributed by atoms with Crippen LogP contribution in [0.25, 0.3) is 0 Å². The van der Waals surface area contributed by atoms with Crippen molar-refractivity contribution in [2.45, 2.75) is 165 Å². The molecule has 17 heteroatoms. The summed E-state index contributed by atoms with van der Waals surface area (Å²) in [5.41, 5.74) is 3.93. The van der Waals surface area contributed by atoms with Crippen LogP contribution in [0.3, 0.4) is 0 Å². The van der Waals surface area contributed by atoms with Crippen LogP contribution in [-0.4, -0.2) is 101 Å². The van der Waals surface area contributed by atoms with E-state index in [2.05, 4.69) is 105 Å². The summed E-state index contributed by atoms with van der Waals surface area (Å²) in [6, 6.07) is 33.6. The number of unbranched alkanes of at least 4 members (excludes halogenated alkanes) is 6. The van der Waals surface area contributed by atoms with E-state index < -0.39 is 11.8 Å². The van der Waals surface area contributed by atoms with Crippen LogP contribution in [0.1, 0.15) is 222 Å². The minimum Gasteiger partial charge on any atom is -0.507 e. The summed E-state index contributed by atoms with van der Waals surface area (Å²) in [6.07, 6.45) is 16.8. The maximum Gasteiger partial charge on any atom is 0.338 e. The Bertz CT molecular complexity index is 2810. The third-order valence-electron chi connectivity index (χ3n) is 15.6. The molecule has 1 aromatic heterocycles. The lowest BCUT2D eigenvalue weighted by Gasteiger charge is -2.15. The summed E-state index contributed by atoms with van der Waals surface area (Å²) in [6.45, 7) is 23.2. The van der Waals surface area contributed by atoms with Crippen molar-refractivity contribution in [3.8, 4) is 5.75 Å². The molecule has 90 heavy (non-hydrogen) atoms. The Hall–Kier alpha value is -8.18. The summed E-state index contributed by atoms with van der Waals surface area (Å²) in [4.78, 5) is 79.5. The number of hydrogen-bond donors (Lipinski definition) is 4. The maximum atomic E-state index is 12.8. The molecule has 0 aliphatic rings. The van der Waals surface area contributed by atoms with E-state index in [-0.39, 0.29) is 58.2 Å². The second kappa shape index (κ2) is 42.7. The molecule has 0 aliphatic heterocycles. The molecular formula is C73H101N7O10. The first-order chi connectivity index (χ1) is 43.6. The number of phenols is 1. The number of para-hydroxylation sites is 1. The zero-order valence-electron chi connectivity index (χ0n) is 55.2. The molecular weight excluding hydrogens is 1130 g/mol. The van der Waals surface area contributed by atoms with Gasteiger partial charge in [0.15, 0.2) is 5.78 Å². The van der Waals surface area contributed by atoms with Crippen LogP contribution in [0.4, 0.5) is 34.9 Å². The van der Waals surface area contributed by atoms with E-state index in [0.717, 1.165) is 116 Å². The molecule has 3 atom stereocenters. The highest BCUT2D eigenvalue weighted by molar-refractivity contribution is 6.15. The third-order valence-corrected chi connectivity index (χ3v) is 15.6. The fraction of sp³-hybridized carbons (Fsp3) is 0.479. The third kappa shape index (κ3) is 26.9. The normalized spacial score (nSPS) is 11.8. The van der Waals surface area contributed by atoms with Crippen molar-refractivity contribution < 1.29 is 48.0 Å². The zero-order valence-corrected chi connectivity index (χ0v) is 55.2. The number of carbonyl (C=O) groups is 5. The van der Waals surface area contributed by atoms with E-state index in [4.69, 9.17) is 18.9 Å². The standard InChI is InChI=1S/C48H66N6O6.C20H22O4.C5H13N/c1-7-13-16-34(10-4)31-58-43(55)37-19-25-40(26-20-37)49-46-52-47(50-41-27-21-38(22-28-41)44(56)59-32-35(11-5)17-14-8-2)54-48(53-46)51-42-29-23-39(24-30-42)45(57)60-33-36(12-6)18-15-9-3;1-2-3-4-9-14-24-20(23)16-11-6-5-10-15(16)19(22)17-12-7-8-13-18(17)21;1-4-6(3)5-2/h19-30,34-36H,7-18,31-33H2,1-6H3,(H3,49,50,51,52,53,54);5-8,10-13,21H,2-4,9,14H2,1H3;4-5H2,1-3H3. The van der Waals surface area contributed by atoms with Crippen LogP contribution < -0.4 is 16.0 Å². The fourth-order valence-corrected chi connectivity index (χ4v) is 9.19. The first kappa shape index (κ1) is 74.3. The molecule has 0 saturated carbocycles. The molecule has 0 saturated heterocycles. The molecule has 0 aliphatic carbocycles. The first-order valence-electron chi connectivity index (χ1n) is 32.8. The number of phenolic OH excluding ortho intramolecular Hbond substituents is 1. The number of hydrogen-bond acceptors (Lipinski definition) is 17. The Morgan fingerprint density at radius 2 is 0.756 bits per heavy atom. The van der Waals surface area contributed by atoms with Crippen molar-refractivity contribution in [1.29, 1.82) is 0 Å². The number of aromatic hydroxyl groups is 1. The lowest BCUT2D eigenvalue weighted by atomic mass is 9.98. The van der Waals surface area contributed by atoms with E-state index in [9.17, 15) is 29.1 Å². The summed E-state index contributed by atoms with van der Waals surface area (Å²) in [5.74, 6) is -0.337. The zero-order chi connectivity index (χ0) is 65.5. The van der Waals surface area contributed by atoms with Crippen LogP contribution in [0.15, 0.2) is 121 Å². The van der Waals surface area contributed by atoms with Gasteiger partial charge in [-0.2, -0.15) is 15.0 Å². The predicted octanol–water partition coefficient (Wildman–Crippen LogP) is 17.5. The number of ketones is 1. The van der Waals surface area contributed by atoms with Crippen molar-refractivity contribution >= 4 is 64.6 Å². The minimum atomic E-state index is -0.508. The van der Waals surface area contributed by atoms with Gasteiger partial charge in [-0.25, -0.2) is 19.2 Å². The van der Waals surface area contributed by atoms with E-state index in [0.29, 0.717) is 77.9 Å². The van der Waals surface area contributed by atoms with Crippen molar-refractivity contribution in [1.82, 2.24) is 19.9 Å². The van der Waals surface area contributed by atoms with Crippen LogP contribution >= 0.6 is 0 Å². The van der Waals surface area contributed by atoms with Crippen LogP contribution in [0.5, 0.6) is 5.75 Å². The Kier molecular flexibility index (Phi) is 35.2. The van der Waals surface area contributed by atoms with Crippen molar-refractivity contribution in [3.63, 3.8) is 0 Å². The molecule has 6 aromatic rings. The maximum absolute atomic E-state index is 12.8. The number of nitrogens with zero attached hydrogens (tertiary/aromatic N) is 4. The molecule has 488 valence electrons. The van der Waals surface area contributed by atoms with Gasteiger partial charge in [-0.3, -0.25) is 4.79 Å². The van der Waals surface area contributed by atoms with E-state index in [1.54, 1.807) is 109 Å². The van der Waals surface area contributed by atoms with Crippen LogP contribution in [0, 0.1) is 17.8 Å². The summed E-state index contributed by atoms with van der Waals surface area (Å²) < 4.78 is 22.2. The van der Waals surface area contributed by atoms with E-state index in [1.807, 2.05) is 0 Å². The lowest BCUT2D eigenvalue weighted by Crippen LogP contribution is -2.15. The Balaban J connectivity index is 0.000000472. The van der Waals surface area contributed by atoms with Gasteiger partial charge in [0.2, 0.25) is 17.8 Å². The summed E-state index contributed by atoms with van der Waals surface area (Å²) in [5, 5.41) is 19.5. The Labute approximate surface area is 535 Å². The van der Waals surface area contributed by atoms with Gasteiger partial charge in [-0.1, -0.05) is 170 Å². The molecule has 1 heterocycles. The molecule has 4 N–H and O–H groups in total. The number of carbonyl (C=O) groups excluding carboxylic acids is 5. The lowest BCUT2D eigenvalue weighted by molar-refractivity contribution is 0.0419. The minimum absolute atomic E-state index is 0.106. The second-order valence-corrected chi connectivity index (χ2v) is 22.5. The van der Waals surface area contributed by atoms with E-state index >= 15 is 0 Å². The van der Waals surface area contributed by atoms with Crippen molar-refractivity contribution in [2.24, 2.45) is 17.8 Å². The highest BCUT2D eigenvalue weighted by atomic mass is 16.5. The molecule has 0 spiro atoms. The average molecular weight is 1240 g/mol. The summed E-state index contributed by atoms with van der Waals surface area (Å²) >= 11 is 0. The topological polar surface area (TPSA) is 220 Å². The van der Waals surface area contributed by atoms with Gasteiger partial charge in [0, 0.05) is 22.6 Å². The van der Waals surface area contributed by atoms with Gasteiger partial charge in [0.25, 0.3) is 0 Å². The quantitative estimate of drug-likeness (QED) is 0.0123. The number of ether oxygens (including phenoxy) is 4. The molecule has 0 radical (unpaired) electrons. The van der Waals surface area contributed by atoms with Gasteiger partial charge in [0.05, 0.1) is 54.2 Å². The summed E-state index contributed by atoms with van der Waals surface area (Å²) in [7, 11) is 2.11. The monoisotopic (exact) mass is 1240 g/mol. The number of rotatable bonds is 37. The molecule has 17 nitrogen and oxygen atoms in total. The molecule has 5 aromatic carbocycles. The molecule has 0 amide bonds. The van der Waals surface area contributed by atoms with Gasteiger partial charge in [0.1, 0.15) is 5.75 Å². The number of esters is 4. The number of anilines is 6. The van der Waals surface area contributed by atoms with Crippen LogP contribution in [-0.2, 0) is 18.9 Å². The van der Waals surface area contributed by atoms with Gasteiger partial charge < -0.3 is 44.9 Å². The smallest absolute Gasteiger partial charge is 0.338 e. The number of benzene rings is 5.